The second-order valence-corrected chi connectivity index (χ2v) is 3.48. The molecule has 0 amide bonds. The number of hydrogen-bond donors (Lipinski definition) is 1. The van der Waals surface area contributed by atoms with E-state index >= 15 is 0 Å². The van der Waals surface area contributed by atoms with Crippen LogP contribution in [0.15, 0.2) is 0 Å². The zero-order chi connectivity index (χ0) is 9.02. The summed E-state index contributed by atoms with van der Waals surface area (Å²) >= 11 is 10.8. The molecule has 0 heterocycles. The molecule has 66 valence electrons. The zero-order valence-corrected chi connectivity index (χ0v) is 7.93. The lowest BCUT2D eigenvalue weighted by Gasteiger charge is -2.15. The third-order valence-corrected chi connectivity index (χ3v) is 2.12. The van der Waals surface area contributed by atoms with E-state index < -0.39 is 11.9 Å². The van der Waals surface area contributed by atoms with Crippen LogP contribution < -0.4 is 0 Å². The highest BCUT2D eigenvalue weighted by Gasteiger charge is 2.17. The molecular formula is C6H11Cl2NO2. The van der Waals surface area contributed by atoms with Gasteiger partial charge in [-0.2, -0.15) is 0 Å². The molecule has 2 atom stereocenters. The number of nitrogens with zero attached hydrogens (tertiary/aromatic N) is 1. The van der Waals surface area contributed by atoms with Crippen molar-refractivity contribution in [2.45, 2.75) is 26.3 Å². The first-order chi connectivity index (χ1) is 4.95. The topological polar surface area (TPSA) is 40.5 Å². The van der Waals surface area contributed by atoms with E-state index in [4.69, 9.17) is 28.7 Å². The van der Waals surface area contributed by atoms with Crippen molar-refractivity contribution in [2.24, 2.45) is 5.92 Å². The van der Waals surface area contributed by atoms with Crippen LogP contribution in [0, 0.1) is 5.92 Å². The predicted octanol–water partition coefficient (Wildman–Crippen LogP) is 2.10. The quantitative estimate of drug-likeness (QED) is 0.706. The summed E-state index contributed by atoms with van der Waals surface area (Å²) in [6, 6.07) is -0.135. The minimum absolute atomic E-state index is 0.135. The molecule has 0 fully saturated rings. The molecule has 11 heavy (non-hydrogen) atoms. The Hall–Kier alpha value is 0.01000. The van der Waals surface area contributed by atoms with Gasteiger partial charge in [0.05, 0.1) is 5.92 Å². The second-order valence-electron chi connectivity index (χ2n) is 2.58. The summed E-state index contributed by atoms with van der Waals surface area (Å²) in [6.07, 6.45) is 0.447. The van der Waals surface area contributed by atoms with Crippen LogP contribution in [0.5, 0.6) is 0 Å². The maximum Gasteiger partial charge on any atom is 0.306 e. The number of carbonyl (C=O) groups is 1. The largest absolute Gasteiger partial charge is 0.481 e. The van der Waals surface area contributed by atoms with Gasteiger partial charge in [0.1, 0.15) is 0 Å². The molecule has 0 aromatic carbocycles. The van der Waals surface area contributed by atoms with Crippen LogP contribution in [0.4, 0.5) is 0 Å². The number of carboxylic acid groups (broad SMARTS) is 1. The molecule has 0 aliphatic rings. The number of carboxylic acids is 1. The van der Waals surface area contributed by atoms with Crippen LogP contribution in [0.3, 0.4) is 0 Å². The van der Waals surface area contributed by atoms with Gasteiger partial charge in [0, 0.05) is 6.04 Å². The Labute approximate surface area is 76.1 Å². The average molecular weight is 200 g/mol. The van der Waals surface area contributed by atoms with Gasteiger partial charge in [-0.3, -0.25) is 4.79 Å². The average Bonchev–Trinajstić information content (AvgIpc) is 1.87. The zero-order valence-electron chi connectivity index (χ0n) is 6.42. The fraction of sp³-hybridized carbons (Fsp3) is 0.833. The van der Waals surface area contributed by atoms with Crippen LogP contribution >= 0.6 is 23.6 Å². The van der Waals surface area contributed by atoms with Gasteiger partial charge >= 0.3 is 5.97 Å². The highest BCUT2D eigenvalue weighted by Crippen LogP contribution is 2.15. The Morgan fingerprint density at radius 1 is 1.55 bits per heavy atom. The first-order valence-corrected chi connectivity index (χ1v) is 3.96. The Morgan fingerprint density at radius 2 is 2.00 bits per heavy atom. The fourth-order valence-corrected chi connectivity index (χ4v) is 0.852. The number of rotatable bonds is 4. The minimum Gasteiger partial charge on any atom is -0.481 e. The van der Waals surface area contributed by atoms with E-state index in [1.807, 2.05) is 0 Å². The first kappa shape index (κ1) is 11.0. The molecule has 0 aliphatic heterocycles. The molecule has 0 bridgehead atoms. The molecule has 0 aromatic heterocycles. The van der Waals surface area contributed by atoms with Crippen LogP contribution in [0.1, 0.15) is 20.3 Å². The fourth-order valence-electron chi connectivity index (χ4n) is 0.692. The normalized spacial score (nSPS) is 16.5. The van der Waals surface area contributed by atoms with E-state index in [2.05, 4.69) is 0 Å². The lowest BCUT2D eigenvalue weighted by Crippen LogP contribution is -2.22. The summed E-state index contributed by atoms with van der Waals surface area (Å²) in [5, 5.41) is 8.51. The van der Waals surface area contributed by atoms with E-state index in [0.29, 0.717) is 6.42 Å². The molecule has 3 nitrogen and oxygen atoms in total. The van der Waals surface area contributed by atoms with Gasteiger partial charge in [-0.1, -0.05) is 6.92 Å². The van der Waals surface area contributed by atoms with Crippen LogP contribution in [0.25, 0.3) is 0 Å². The molecule has 1 N–H and O–H groups in total. The minimum atomic E-state index is -0.827. The van der Waals surface area contributed by atoms with Crippen LogP contribution in [-0.2, 0) is 4.79 Å². The molecule has 5 heteroatoms. The predicted molar refractivity (Wildman–Crippen MR) is 44.4 cm³/mol. The van der Waals surface area contributed by atoms with Crippen molar-refractivity contribution >= 4 is 29.5 Å². The SMILES string of the molecule is CC(CC(C)N(Cl)Cl)C(=O)O. The van der Waals surface area contributed by atoms with Crippen molar-refractivity contribution in [3.8, 4) is 0 Å². The summed E-state index contributed by atoms with van der Waals surface area (Å²) in [5.41, 5.74) is 0. The van der Waals surface area contributed by atoms with Gasteiger partial charge in [0.15, 0.2) is 0 Å². The van der Waals surface area contributed by atoms with Gasteiger partial charge in [0.2, 0.25) is 0 Å². The Bertz CT molecular complexity index is 141. The van der Waals surface area contributed by atoms with Crippen molar-refractivity contribution in [3.63, 3.8) is 0 Å². The Morgan fingerprint density at radius 3 is 2.27 bits per heavy atom. The highest BCUT2D eigenvalue weighted by atomic mass is 35.5. The maximum absolute atomic E-state index is 10.4. The van der Waals surface area contributed by atoms with Crippen molar-refractivity contribution in [2.75, 3.05) is 0 Å². The first-order valence-electron chi connectivity index (χ1n) is 3.28. The molecule has 0 saturated heterocycles. The standard InChI is InChI=1S/C6H11Cl2NO2/c1-4(6(10)11)3-5(2)9(7)8/h4-5H,3H2,1-2H3,(H,10,11). The molecule has 0 rings (SSSR count). The van der Waals surface area contributed by atoms with E-state index in [-0.39, 0.29) is 6.04 Å². The van der Waals surface area contributed by atoms with Gasteiger partial charge in [-0.05, 0) is 36.9 Å². The van der Waals surface area contributed by atoms with Crippen molar-refractivity contribution < 1.29 is 9.90 Å². The molecule has 2 unspecified atom stereocenters. The molecular weight excluding hydrogens is 189 g/mol. The summed E-state index contributed by atoms with van der Waals surface area (Å²) in [5.74, 6) is -1.24. The lowest BCUT2D eigenvalue weighted by molar-refractivity contribution is -0.141. The third-order valence-electron chi connectivity index (χ3n) is 1.45. The monoisotopic (exact) mass is 199 g/mol. The molecule has 0 spiro atoms. The molecule has 0 aliphatic carbocycles. The van der Waals surface area contributed by atoms with E-state index in [0.717, 1.165) is 3.94 Å². The Balaban J connectivity index is 3.75. The van der Waals surface area contributed by atoms with Crippen LogP contribution in [0.2, 0.25) is 0 Å². The number of aliphatic carboxylic acids is 1. The summed E-state index contributed by atoms with van der Waals surface area (Å²) in [4.78, 5) is 10.4. The van der Waals surface area contributed by atoms with E-state index in [9.17, 15) is 4.79 Å². The van der Waals surface area contributed by atoms with Crippen LogP contribution in [-0.4, -0.2) is 21.1 Å². The maximum atomic E-state index is 10.4. The summed E-state index contributed by atoms with van der Waals surface area (Å²) in [6.45, 7) is 3.38. The van der Waals surface area contributed by atoms with Gasteiger partial charge in [0.25, 0.3) is 0 Å². The van der Waals surface area contributed by atoms with Crippen molar-refractivity contribution in [1.82, 2.24) is 3.94 Å². The molecule has 0 aromatic rings. The second kappa shape index (κ2) is 4.80. The third kappa shape index (κ3) is 4.45. The van der Waals surface area contributed by atoms with Crippen molar-refractivity contribution in [1.29, 1.82) is 0 Å². The molecule has 0 saturated carbocycles. The number of halogens is 2. The van der Waals surface area contributed by atoms with Gasteiger partial charge < -0.3 is 5.11 Å². The summed E-state index contributed by atoms with van der Waals surface area (Å²) in [7, 11) is 0. The Kier molecular flexibility index (Phi) is 4.81. The smallest absolute Gasteiger partial charge is 0.306 e. The summed E-state index contributed by atoms with van der Waals surface area (Å²) < 4.78 is 0.972. The number of hydrogen-bond acceptors (Lipinski definition) is 2. The van der Waals surface area contributed by atoms with E-state index in [1.54, 1.807) is 13.8 Å². The van der Waals surface area contributed by atoms with Crippen molar-refractivity contribution in [3.05, 3.63) is 0 Å². The highest BCUT2D eigenvalue weighted by molar-refractivity contribution is 6.33. The van der Waals surface area contributed by atoms with Gasteiger partial charge in [-0.15, -0.1) is 3.94 Å². The lowest BCUT2D eigenvalue weighted by atomic mass is 10.0. The van der Waals surface area contributed by atoms with Gasteiger partial charge in [-0.25, -0.2) is 0 Å². The molecule has 0 radical (unpaired) electrons. The van der Waals surface area contributed by atoms with E-state index in [1.165, 1.54) is 0 Å².